The fourth-order valence-electron chi connectivity index (χ4n) is 1.98. The first-order chi connectivity index (χ1) is 10.1. The molecule has 2 rings (SSSR count). The summed E-state index contributed by atoms with van der Waals surface area (Å²) in [6, 6.07) is 7.51. The summed E-state index contributed by atoms with van der Waals surface area (Å²) < 4.78 is 0. The molecule has 0 aliphatic heterocycles. The number of benzene rings is 1. The number of nitrogens with zero attached hydrogens (tertiary/aromatic N) is 2. The van der Waals surface area contributed by atoms with Crippen molar-refractivity contribution in [1.29, 1.82) is 0 Å². The van der Waals surface area contributed by atoms with Gasteiger partial charge in [-0.15, -0.1) is 0 Å². The Hall–Kier alpha value is -1.32. The van der Waals surface area contributed by atoms with E-state index in [1.165, 1.54) is 0 Å². The topological polar surface area (TPSA) is 37.8 Å². The maximum absolute atomic E-state index is 6.10. The largest absolute Gasteiger partial charge is 0.370 e. The van der Waals surface area contributed by atoms with E-state index in [4.69, 9.17) is 23.2 Å². The second kappa shape index (κ2) is 7.62. The van der Waals surface area contributed by atoms with E-state index in [0.717, 1.165) is 48.7 Å². The SMILES string of the molecule is CCCNc1cc(-c2ccc(Cl)c(Cl)c2)nc(CCC)n1. The lowest BCUT2D eigenvalue weighted by molar-refractivity contribution is 0.834. The Labute approximate surface area is 135 Å². The second-order valence-corrected chi connectivity index (χ2v) is 5.67. The number of halogens is 2. The van der Waals surface area contributed by atoms with E-state index >= 15 is 0 Å². The molecule has 0 unspecified atom stereocenters. The summed E-state index contributed by atoms with van der Waals surface area (Å²) in [7, 11) is 0. The summed E-state index contributed by atoms with van der Waals surface area (Å²) in [5.74, 6) is 1.70. The van der Waals surface area contributed by atoms with Crippen molar-refractivity contribution in [3.05, 3.63) is 40.1 Å². The van der Waals surface area contributed by atoms with E-state index in [1.54, 1.807) is 6.07 Å². The highest BCUT2D eigenvalue weighted by Gasteiger charge is 2.08. The third-order valence-corrected chi connectivity index (χ3v) is 3.76. The van der Waals surface area contributed by atoms with Crippen molar-refractivity contribution in [2.45, 2.75) is 33.1 Å². The lowest BCUT2D eigenvalue weighted by Gasteiger charge is -2.10. The second-order valence-electron chi connectivity index (χ2n) is 4.86. The van der Waals surface area contributed by atoms with E-state index in [-0.39, 0.29) is 0 Å². The van der Waals surface area contributed by atoms with Crippen LogP contribution in [-0.4, -0.2) is 16.5 Å². The number of hydrogen-bond acceptors (Lipinski definition) is 3. The summed E-state index contributed by atoms with van der Waals surface area (Å²) >= 11 is 12.1. The van der Waals surface area contributed by atoms with Gasteiger partial charge in [0.25, 0.3) is 0 Å². The van der Waals surface area contributed by atoms with Crippen LogP contribution in [0.4, 0.5) is 5.82 Å². The van der Waals surface area contributed by atoms with Gasteiger partial charge in [0.05, 0.1) is 15.7 Å². The molecule has 5 heteroatoms. The molecule has 0 atom stereocenters. The van der Waals surface area contributed by atoms with Crippen molar-refractivity contribution in [1.82, 2.24) is 9.97 Å². The zero-order valence-corrected chi connectivity index (χ0v) is 13.8. The Bertz CT molecular complexity index is 614. The van der Waals surface area contributed by atoms with Gasteiger partial charge in [-0.3, -0.25) is 0 Å². The van der Waals surface area contributed by atoms with Gasteiger partial charge in [-0.05, 0) is 25.0 Å². The highest BCUT2D eigenvalue weighted by molar-refractivity contribution is 6.42. The molecular weight excluding hydrogens is 305 g/mol. The number of aryl methyl sites for hydroxylation is 1. The van der Waals surface area contributed by atoms with Crippen molar-refractivity contribution in [2.24, 2.45) is 0 Å². The Morgan fingerprint density at radius 3 is 2.48 bits per heavy atom. The number of aromatic nitrogens is 2. The highest BCUT2D eigenvalue weighted by atomic mass is 35.5. The monoisotopic (exact) mass is 323 g/mol. The summed E-state index contributed by atoms with van der Waals surface area (Å²) in [4.78, 5) is 9.16. The normalized spacial score (nSPS) is 10.7. The van der Waals surface area contributed by atoms with Crippen molar-refractivity contribution >= 4 is 29.0 Å². The van der Waals surface area contributed by atoms with Gasteiger partial charge in [0.1, 0.15) is 11.6 Å². The van der Waals surface area contributed by atoms with Gasteiger partial charge in [-0.25, -0.2) is 9.97 Å². The molecule has 0 fully saturated rings. The lowest BCUT2D eigenvalue weighted by atomic mass is 10.1. The Kier molecular flexibility index (Phi) is 5.83. The molecule has 0 saturated carbocycles. The van der Waals surface area contributed by atoms with E-state index in [2.05, 4.69) is 29.1 Å². The molecule has 21 heavy (non-hydrogen) atoms. The van der Waals surface area contributed by atoms with Gasteiger partial charge in [0.15, 0.2) is 0 Å². The van der Waals surface area contributed by atoms with Gasteiger partial charge >= 0.3 is 0 Å². The van der Waals surface area contributed by atoms with Crippen LogP contribution in [0.3, 0.4) is 0 Å². The number of anilines is 1. The van der Waals surface area contributed by atoms with Crippen molar-refractivity contribution in [3.8, 4) is 11.3 Å². The zero-order chi connectivity index (χ0) is 15.2. The van der Waals surface area contributed by atoms with Crippen LogP contribution in [0.15, 0.2) is 24.3 Å². The van der Waals surface area contributed by atoms with Gasteiger partial charge in [-0.2, -0.15) is 0 Å². The van der Waals surface area contributed by atoms with Gasteiger partial charge < -0.3 is 5.32 Å². The van der Waals surface area contributed by atoms with Crippen LogP contribution in [0.1, 0.15) is 32.5 Å². The van der Waals surface area contributed by atoms with Gasteiger partial charge in [0, 0.05) is 24.6 Å². The van der Waals surface area contributed by atoms with Crippen LogP contribution >= 0.6 is 23.2 Å². The summed E-state index contributed by atoms with van der Waals surface area (Å²) in [6.45, 7) is 5.14. The molecule has 0 aliphatic carbocycles. The van der Waals surface area contributed by atoms with Crippen molar-refractivity contribution in [3.63, 3.8) is 0 Å². The highest BCUT2D eigenvalue weighted by Crippen LogP contribution is 2.28. The third-order valence-electron chi connectivity index (χ3n) is 3.02. The lowest BCUT2D eigenvalue weighted by Crippen LogP contribution is -2.06. The molecule has 0 radical (unpaired) electrons. The molecule has 112 valence electrons. The fraction of sp³-hybridized carbons (Fsp3) is 0.375. The average Bonchev–Trinajstić information content (AvgIpc) is 2.48. The molecule has 0 saturated heterocycles. The molecule has 2 aromatic rings. The molecule has 1 aromatic heterocycles. The maximum Gasteiger partial charge on any atom is 0.131 e. The number of hydrogen-bond donors (Lipinski definition) is 1. The molecule has 3 nitrogen and oxygen atoms in total. The van der Waals surface area contributed by atoms with Crippen LogP contribution in [0.25, 0.3) is 11.3 Å². The number of rotatable bonds is 6. The smallest absolute Gasteiger partial charge is 0.131 e. The minimum atomic E-state index is 0.535. The minimum absolute atomic E-state index is 0.535. The Morgan fingerprint density at radius 2 is 1.81 bits per heavy atom. The molecular formula is C16H19Cl2N3. The quantitative estimate of drug-likeness (QED) is 0.791. The first-order valence-electron chi connectivity index (χ1n) is 7.21. The molecule has 1 heterocycles. The molecule has 1 N–H and O–H groups in total. The van der Waals surface area contributed by atoms with E-state index < -0.39 is 0 Å². The predicted octanol–water partition coefficient (Wildman–Crippen LogP) is 5.22. The Balaban J connectivity index is 2.40. The van der Waals surface area contributed by atoms with Gasteiger partial charge in [0.2, 0.25) is 0 Å². The first-order valence-corrected chi connectivity index (χ1v) is 7.97. The average molecular weight is 324 g/mol. The number of nitrogens with one attached hydrogen (secondary N) is 1. The fourth-order valence-corrected chi connectivity index (χ4v) is 2.28. The van der Waals surface area contributed by atoms with E-state index in [0.29, 0.717) is 10.0 Å². The van der Waals surface area contributed by atoms with E-state index in [9.17, 15) is 0 Å². The van der Waals surface area contributed by atoms with E-state index in [1.807, 2.05) is 18.2 Å². The molecule has 0 bridgehead atoms. The van der Waals surface area contributed by atoms with Crippen LogP contribution in [0.2, 0.25) is 10.0 Å². The summed E-state index contributed by atoms with van der Waals surface area (Å²) in [5, 5.41) is 4.40. The van der Waals surface area contributed by atoms with Crippen molar-refractivity contribution in [2.75, 3.05) is 11.9 Å². The third kappa shape index (κ3) is 4.32. The maximum atomic E-state index is 6.10. The van der Waals surface area contributed by atoms with Crippen LogP contribution in [0, 0.1) is 0 Å². The molecule has 1 aromatic carbocycles. The predicted molar refractivity (Wildman–Crippen MR) is 90.3 cm³/mol. The molecule has 0 amide bonds. The summed E-state index contributed by atoms with van der Waals surface area (Å²) in [6.07, 6.45) is 2.92. The van der Waals surface area contributed by atoms with Crippen molar-refractivity contribution < 1.29 is 0 Å². The first kappa shape index (κ1) is 16.1. The van der Waals surface area contributed by atoms with Crippen LogP contribution in [-0.2, 0) is 6.42 Å². The zero-order valence-electron chi connectivity index (χ0n) is 12.3. The molecule has 0 spiro atoms. The van der Waals surface area contributed by atoms with Crippen LogP contribution in [0.5, 0.6) is 0 Å². The molecule has 0 aliphatic rings. The van der Waals surface area contributed by atoms with Gasteiger partial charge in [-0.1, -0.05) is 43.1 Å². The Morgan fingerprint density at radius 1 is 1.00 bits per heavy atom. The minimum Gasteiger partial charge on any atom is -0.370 e. The van der Waals surface area contributed by atoms with Crippen LogP contribution < -0.4 is 5.32 Å². The standard InChI is InChI=1S/C16H19Cl2N3/c1-3-5-15-20-14(10-16(21-15)19-8-4-2)11-6-7-12(17)13(18)9-11/h6-7,9-10H,3-5,8H2,1-2H3,(H,19,20,21). The summed E-state index contributed by atoms with van der Waals surface area (Å²) in [5.41, 5.74) is 1.81.